The van der Waals surface area contributed by atoms with E-state index < -0.39 is 23.5 Å². The van der Waals surface area contributed by atoms with Crippen LogP contribution in [0.3, 0.4) is 0 Å². The largest absolute Gasteiger partial charge is 0.503 e. The summed E-state index contributed by atoms with van der Waals surface area (Å²) in [6.45, 7) is 1.06. The van der Waals surface area contributed by atoms with Crippen LogP contribution in [-0.2, 0) is 4.79 Å². The van der Waals surface area contributed by atoms with Crippen molar-refractivity contribution in [3.63, 3.8) is 0 Å². The fourth-order valence-electron chi connectivity index (χ4n) is 3.57. The molecule has 1 aromatic carbocycles. The quantitative estimate of drug-likeness (QED) is 0.622. The van der Waals surface area contributed by atoms with E-state index in [1.165, 1.54) is 4.90 Å². The number of carbonyl (C=O) groups excluding carboxylic acids is 2. The number of ketones is 1. The van der Waals surface area contributed by atoms with Gasteiger partial charge in [-0.2, -0.15) is 0 Å². The number of para-hydroxylation sites is 1. The molecule has 1 aliphatic heterocycles. The van der Waals surface area contributed by atoms with Crippen LogP contribution in [-0.4, -0.2) is 53.9 Å². The topological polar surface area (TPSA) is 88.1 Å². The standard InChI is InChI=1S/C22H21N3O4/c1-24(2)10-11-25-19(15-7-5-9-23-13-15)18(21(27)22(25)28)20(26)17-12-14-6-3-4-8-16(14)29-17/h3-9,12-13,19,27H,10-11H2,1-2H3/p+1/t19-/m1/s1. The van der Waals surface area contributed by atoms with Crippen molar-refractivity contribution in [3.05, 3.63) is 77.5 Å². The van der Waals surface area contributed by atoms with E-state index in [4.69, 9.17) is 4.42 Å². The van der Waals surface area contributed by atoms with E-state index in [1.807, 2.05) is 32.3 Å². The minimum Gasteiger partial charge on any atom is -0.503 e. The lowest BCUT2D eigenvalue weighted by atomic mass is 9.96. The number of hydrogen-bond acceptors (Lipinski definition) is 5. The summed E-state index contributed by atoms with van der Waals surface area (Å²) in [6, 6.07) is 11.7. The number of aliphatic hydroxyl groups excluding tert-OH is 1. The van der Waals surface area contributed by atoms with Crippen LogP contribution in [0, 0.1) is 0 Å². The first-order chi connectivity index (χ1) is 14.0. The number of fused-ring (bicyclic) bond motifs is 1. The number of benzene rings is 1. The van der Waals surface area contributed by atoms with Crippen LogP contribution >= 0.6 is 0 Å². The average Bonchev–Trinajstić information content (AvgIpc) is 3.26. The molecule has 2 aromatic heterocycles. The Bertz CT molecular complexity index is 1070. The predicted octanol–water partition coefficient (Wildman–Crippen LogP) is 1.55. The maximum Gasteiger partial charge on any atom is 0.290 e. The first kappa shape index (κ1) is 18.9. The van der Waals surface area contributed by atoms with Gasteiger partial charge in [0.05, 0.1) is 38.8 Å². The van der Waals surface area contributed by atoms with Crippen molar-refractivity contribution in [2.75, 3.05) is 27.2 Å². The van der Waals surface area contributed by atoms with Gasteiger partial charge in [0.2, 0.25) is 5.78 Å². The van der Waals surface area contributed by atoms with Gasteiger partial charge in [0, 0.05) is 17.8 Å². The molecule has 148 valence electrons. The number of quaternary nitrogens is 1. The van der Waals surface area contributed by atoms with Gasteiger partial charge in [-0.3, -0.25) is 14.6 Å². The monoisotopic (exact) mass is 392 g/mol. The molecular weight excluding hydrogens is 370 g/mol. The summed E-state index contributed by atoms with van der Waals surface area (Å²) in [4.78, 5) is 33.0. The van der Waals surface area contributed by atoms with Crippen LogP contribution in [0.15, 0.2) is 70.6 Å². The number of nitrogens with one attached hydrogen (secondary N) is 1. The van der Waals surface area contributed by atoms with Gasteiger partial charge < -0.3 is 19.3 Å². The van der Waals surface area contributed by atoms with Crippen molar-refractivity contribution in [3.8, 4) is 0 Å². The smallest absolute Gasteiger partial charge is 0.290 e. The van der Waals surface area contributed by atoms with Gasteiger partial charge in [0.15, 0.2) is 11.5 Å². The zero-order valence-corrected chi connectivity index (χ0v) is 16.3. The second-order valence-electron chi connectivity index (χ2n) is 7.38. The van der Waals surface area contributed by atoms with Gasteiger partial charge in [-0.05, 0) is 23.8 Å². The van der Waals surface area contributed by atoms with E-state index in [-0.39, 0.29) is 11.3 Å². The maximum absolute atomic E-state index is 13.3. The number of hydrogen-bond donors (Lipinski definition) is 2. The van der Waals surface area contributed by atoms with Gasteiger partial charge in [-0.15, -0.1) is 0 Å². The number of likely N-dealkylation sites (N-methyl/N-ethyl adjacent to an activating group) is 1. The number of amides is 1. The second-order valence-corrected chi connectivity index (χ2v) is 7.38. The van der Waals surface area contributed by atoms with Crippen LogP contribution in [0.5, 0.6) is 0 Å². The minimum atomic E-state index is -0.712. The Morgan fingerprint density at radius 2 is 2.03 bits per heavy atom. The lowest BCUT2D eigenvalue weighted by Gasteiger charge is -2.26. The highest BCUT2D eigenvalue weighted by molar-refractivity contribution is 6.15. The molecule has 0 spiro atoms. The van der Waals surface area contributed by atoms with Gasteiger partial charge in [0.25, 0.3) is 5.91 Å². The van der Waals surface area contributed by atoms with E-state index in [0.29, 0.717) is 24.2 Å². The summed E-state index contributed by atoms with van der Waals surface area (Å²) in [5.41, 5.74) is 1.26. The highest BCUT2D eigenvalue weighted by Gasteiger charge is 2.44. The highest BCUT2D eigenvalue weighted by Crippen LogP contribution is 2.39. The van der Waals surface area contributed by atoms with Crippen LogP contribution in [0.2, 0.25) is 0 Å². The molecule has 3 heterocycles. The first-order valence-corrected chi connectivity index (χ1v) is 9.43. The third kappa shape index (κ3) is 3.40. The lowest BCUT2D eigenvalue weighted by Crippen LogP contribution is -3.06. The van der Waals surface area contributed by atoms with Crippen molar-refractivity contribution in [2.45, 2.75) is 6.04 Å². The number of nitrogens with zero attached hydrogens (tertiary/aromatic N) is 2. The molecule has 0 radical (unpaired) electrons. The fourth-order valence-corrected chi connectivity index (χ4v) is 3.57. The second kappa shape index (κ2) is 7.52. The Morgan fingerprint density at radius 3 is 2.72 bits per heavy atom. The Balaban J connectivity index is 1.78. The molecule has 0 aliphatic carbocycles. The zero-order chi connectivity index (χ0) is 20.5. The number of rotatable bonds is 6. The molecule has 1 aliphatic rings. The summed E-state index contributed by atoms with van der Waals surface area (Å²) in [7, 11) is 3.96. The molecule has 7 heteroatoms. The molecule has 0 unspecified atom stereocenters. The summed E-state index contributed by atoms with van der Waals surface area (Å²) in [6.07, 6.45) is 3.23. The van der Waals surface area contributed by atoms with Crippen molar-refractivity contribution in [2.24, 2.45) is 0 Å². The Morgan fingerprint density at radius 1 is 1.24 bits per heavy atom. The average molecular weight is 392 g/mol. The molecular formula is C22H22N3O4+. The lowest BCUT2D eigenvalue weighted by molar-refractivity contribution is -0.857. The molecule has 7 nitrogen and oxygen atoms in total. The fraction of sp³-hybridized carbons (Fsp3) is 0.227. The van der Waals surface area contributed by atoms with Gasteiger partial charge in [-0.1, -0.05) is 24.3 Å². The van der Waals surface area contributed by atoms with Crippen LogP contribution in [0.4, 0.5) is 0 Å². The molecule has 3 aromatic rings. The van der Waals surface area contributed by atoms with E-state index in [9.17, 15) is 14.7 Å². The number of aliphatic hydroxyl groups is 1. The van der Waals surface area contributed by atoms with Crippen LogP contribution < -0.4 is 4.90 Å². The molecule has 1 amide bonds. The maximum atomic E-state index is 13.3. The molecule has 4 rings (SSSR count). The molecule has 0 saturated carbocycles. The number of aromatic nitrogens is 1. The number of Topliss-reactive ketones (excluding diaryl/α,β-unsaturated/α-hetero) is 1. The predicted molar refractivity (Wildman–Crippen MR) is 107 cm³/mol. The molecule has 1 atom stereocenters. The highest BCUT2D eigenvalue weighted by atomic mass is 16.3. The zero-order valence-electron chi connectivity index (χ0n) is 16.3. The summed E-state index contributed by atoms with van der Waals surface area (Å²) < 4.78 is 5.70. The normalized spacial score (nSPS) is 17.0. The van der Waals surface area contributed by atoms with E-state index in [2.05, 4.69) is 4.98 Å². The van der Waals surface area contributed by atoms with Gasteiger partial charge >= 0.3 is 0 Å². The van der Waals surface area contributed by atoms with Crippen LogP contribution in [0.1, 0.15) is 22.2 Å². The summed E-state index contributed by atoms with van der Waals surface area (Å²) in [5, 5.41) is 11.4. The van der Waals surface area contributed by atoms with Crippen molar-refractivity contribution < 1.29 is 24.0 Å². The number of carbonyl (C=O) groups is 2. The van der Waals surface area contributed by atoms with Crippen molar-refractivity contribution >= 4 is 22.7 Å². The molecule has 0 fully saturated rings. The molecule has 2 N–H and O–H groups in total. The van der Waals surface area contributed by atoms with Gasteiger partial charge in [0.1, 0.15) is 5.58 Å². The Hall–Kier alpha value is -3.45. The molecule has 0 saturated heterocycles. The first-order valence-electron chi connectivity index (χ1n) is 9.43. The molecule has 0 bridgehead atoms. The van der Waals surface area contributed by atoms with Gasteiger partial charge in [-0.25, -0.2) is 0 Å². The van der Waals surface area contributed by atoms with E-state index >= 15 is 0 Å². The van der Waals surface area contributed by atoms with E-state index in [0.717, 1.165) is 10.3 Å². The SMILES string of the molecule is C[NH+](C)CCN1C(=O)C(O)=C(C(=O)c2cc3ccccc3o2)[C@H]1c1cccnc1. The summed E-state index contributed by atoms with van der Waals surface area (Å²) in [5.74, 6) is -1.49. The third-order valence-electron chi connectivity index (χ3n) is 5.05. The van der Waals surface area contributed by atoms with Crippen molar-refractivity contribution in [1.29, 1.82) is 0 Å². The minimum absolute atomic E-state index is 0.0239. The Kier molecular flexibility index (Phi) is 4.90. The summed E-state index contributed by atoms with van der Waals surface area (Å²) >= 11 is 0. The number of pyridine rings is 1. The van der Waals surface area contributed by atoms with Crippen LogP contribution in [0.25, 0.3) is 11.0 Å². The third-order valence-corrected chi connectivity index (χ3v) is 5.05. The molecule has 29 heavy (non-hydrogen) atoms. The Labute approximate surface area is 167 Å². The van der Waals surface area contributed by atoms with E-state index in [1.54, 1.807) is 36.7 Å². The number of furan rings is 1. The van der Waals surface area contributed by atoms with Crippen molar-refractivity contribution in [1.82, 2.24) is 9.88 Å².